The lowest BCUT2D eigenvalue weighted by Crippen LogP contribution is -1.82. The molecule has 0 heterocycles. The van der Waals surface area contributed by atoms with E-state index in [2.05, 4.69) is 0 Å². The number of rotatable bonds is 2. The second-order valence-electron chi connectivity index (χ2n) is 0.766. The maximum atomic E-state index is 11.0. The lowest BCUT2D eigenvalue weighted by Gasteiger charge is -1.75. The van der Waals surface area contributed by atoms with E-state index in [4.69, 9.17) is 5.11 Å². The molecule has 0 fully saturated rings. The van der Waals surface area contributed by atoms with Crippen LogP contribution in [0.4, 0.5) is 4.11 Å². The van der Waals surface area contributed by atoms with Gasteiger partial charge in [0.25, 0.3) is 0 Å². The highest BCUT2D eigenvalue weighted by Crippen LogP contribution is 1.70. The van der Waals surface area contributed by atoms with Gasteiger partial charge in [0.1, 0.15) is 0 Å². The van der Waals surface area contributed by atoms with E-state index >= 15 is 0 Å². The quantitative estimate of drug-likeness (QED) is 0.359. The fraction of sp³-hybridized carbons (Fsp3) is 1.00. The van der Waals surface area contributed by atoms with E-state index in [9.17, 15) is 4.11 Å². The van der Waals surface area contributed by atoms with Crippen LogP contribution in [-0.4, -0.2) is 21.6 Å². The summed E-state index contributed by atoms with van der Waals surface area (Å²) in [4.78, 5) is 0. The van der Waals surface area contributed by atoms with E-state index < -0.39 is 9.85 Å². The van der Waals surface area contributed by atoms with E-state index in [1.54, 1.807) is 0 Å². The molecule has 0 spiro atoms. The normalized spacial score (nSPS) is 10.8. The van der Waals surface area contributed by atoms with Gasteiger partial charge in [-0.05, 0) is 6.04 Å². The van der Waals surface area contributed by atoms with Crippen LogP contribution in [0.25, 0.3) is 0 Å². The molecule has 1 nitrogen and oxygen atoms in total. The molecule has 0 aliphatic rings. The van der Waals surface area contributed by atoms with E-state index in [0.717, 1.165) is 0 Å². The third-order valence-corrected chi connectivity index (χ3v) is 0.875. The van der Waals surface area contributed by atoms with Gasteiger partial charge in [0.2, 0.25) is 9.85 Å². The maximum absolute atomic E-state index is 11.0. The van der Waals surface area contributed by atoms with Crippen LogP contribution in [0.1, 0.15) is 0 Å². The van der Waals surface area contributed by atoms with Crippen molar-refractivity contribution in [2.24, 2.45) is 0 Å². The van der Waals surface area contributed by atoms with E-state index in [0.29, 0.717) is 6.04 Å². The number of halogens is 1. The van der Waals surface area contributed by atoms with Gasteiger partial charge in [-0.1, -0.05) is 0 Å². The van der Waals surface area contributed by atoms with Crippen molar-refractivity contribution in [2.45, 2.75) is 6.04 Å². The van der Waals surface area contributed by atoms with Crippen LogP contribution in [0, 0.1) is 0 Å². The minimum atomic E-state index is -1.34. The second kappa shape index (κ2) is 4.11. The zero-order valence-electron chi connectivity index (χ0n) is 2.95. The van der Waals surface area contributed by atoms with Crippen LogP contribution in [-0.2, 0) is 0 Å². The fourth-order valence-corrected chi connectivity index (χ4v) is 0.179. The van der Waals surface area contributed by atoms with Gasteiger partial charge in [0, 0.05) is 6.61 Å². The fourth-order valence-electron chi connectivity index (χ4n) is 0.0598. The summed E-state index contributed by atoms with van der Waals surface area (Å²) >= 11 is 0. The first-order valence-electron chi connectivity index (χ1n) is 1.58. The number of hydrogen-bond donors (Lipinski definition) is 1. The van der Waals surface area contributed by atoms with Gasteiger partial charge in [-0.3, -0.25) is 0 Å². The van der Waals surface area contributed by atoms with Gasteiger partial charge in [-0.25, -0.2) is 0 Å². The maximum Gasteiger partial charge on any atom is 0.218 e. The number of aliphatic hydroxyl groups excluding tert-OH is 1. The third-order valence-electron chi connectivity index (χ3n) is 0.292. The average Bonchev–Trinajstić information content (AvgIpc) is 1.41. The highest BCUT2D eigenvalue weighted by molar-refractivity contribution is 6.26. The third kappa shape index (κ3) is 4.11. The van der Waals surface area contributed by atoms with Gasteiger partial charge in [-0.15, -0.1) is 0 Å². The van der Waals surface area contributed by atoms with Crippen molar-refractivity contribution in [3.63, 3.8) is 0 Å². The zero-order chi connectivity index (χ0) is 4.12. The lowest BCUT2D eigenvalue weighted by molar-refractivity contribution is 0.316. The van der Waals surface area contributed by atoms with Crippen molar-refractivity contribution in [2.75, 3.05) is 6.61 Å². The van der Waals surface area contributed by atoms with Crippen LogP contribution < -0.4 is 0 Å². The van der Waals surface area contributed by atoms with Gasteiger partial charge in [0.15, 0.2) is 0 Å². The lowest BCUT2D eigenvalue weighted by atomic mass is 10.9. The van der Waals surface area contributed by atoms with E-state index in [1.165, 1.54) is 0 Å². The summed E-state index contributed by atoms with van der Waals surface area (Å²) in [5, 5.41) is 7.86. The summed E-state index contributed by atoms with van der Waals surface area (Å²) in [6, 6.07) is 0.417. The van der Waals surface area contributed by atoms with Crippen molar-refractivity contribution in [1.29, 1.82) is 0 Å². The molecule has 0 aromatic carbocycles. The highest BCUT2D eigenvalue weighted by atomic mass is 28.3. The molecule has 0 amide bonds. The largest absolute Gasteiger partial charge is 0.397 e. The Kier molecular flexibility index (Phi) is 4.19. The monoisotopic (exact) mass is 94.0 g/mol. The second-order valence-corrected chi connectivity index (χ2v) is 1.85. The molecule has 0 bridgehead atoms. The van der Waals surface area contributed by atoms with Crippen LogP contribution in [0.3, 0.4) is 0 Å². The molecule has 0 aliphatic heterocycles. The van der Waals surface area contributed by atoms with Crippen LogP contribution in [0.5, 0.6) is 0 Å². The van der Waals surface area contributed by atoms with Gasteiger partial charge in [0.05, 0.1) is 0 Å². The zero-order valence-corrected chi connectivity index (χ0v) is 4.36. The predicted octanol–water partition coefficient (Wildman–Crippen LogP) is -0.550. The smallest absolute Gasteiger partial charge is 0.218 e. The topological polar surface area (TPSA) is 20.2 Å². The molecule has 0 aliphatic carbocycles. The molecule has 0 atom stereocenters. The van der Waals surface area contributed by atoms with Crippen molar-refractivity contribution in [1.82, 2.24) is 0 Å². The van der Waals surface area contributed by atoms with Gasteiger partial charge in [-0.2, -0.15) is 0 Å². The van der Waals surface area contributed by atoms with Crippen LogP contribution in [0.2, 0.25) is 6.04 Å². The summed E-state index contributed by atoms with van der Waals surface area (Å²) in [7, 11) is -1.34. The SMILES string of the molecule is OCC[SiH2]F. The average molecular weight is 94.2 g/mol. The van der Waals surface area contributed by atoms with Crippen molar-refractivity contribution in [3.05, 3.63) is 0 Å². The predicted molar refractivity (Wildman–Crippen MR) is 21.5 cm³/mol. The molecule has 5 heavy (non-hydrogen) atoms. The molecule has 32 valence electrons. The molecule has 1 N–H and O–H groups in total. The Morgan fingerprint density at radius 3 is 2.40 bits per heavy atom. The Hall–Kier alpha value is 0.107. The summed E-state index contributed by atoms with van der Waals surface area (Å²) in [5.41, 5.74) is 0. The molecule has 0 rings (SSSR count). The van der Waals surface area contributed by atoms with Crippen molar-refractivity contribution >= 4 is 9.85 Å². The molecule has 0 unspecified atom stereocenters. The van der Waals surface area contributed by atoms with Gasteiger partial charge < -0.3 is 9.21 Å². The van der Waals surface area contributed by atoms with Crippen LogP contribution in [0.15, 0.2) is 0 Å². The van der Waals surface area contributed by atoms with Crippen LogP contribution >= 0.6 is 0 Å². The molecule has 0 aromatic heterocycles. The molecular weight excluding hydrogens is 87.1 g/mol. The Balaban J connectivity index is 2.19. The van der Waals surface area contributed by atoms with Crippen molar-refractivity contribution in [3.8, 4) is 0 Å². The first kappa shape index (κ1) is 5.11. The first-order valence-corrected chi connectivity index (χ1v) is 3.12. The Morgan fingerprint density at radius 1 is 1.80 bits per heavy atom. The molecule has 0 radical (unpaired) electrons. The van der Waals surface area contributed by atoms with Crippen molar-refractivity contribution < 1.29 is 9.21 Å². The van der Waals surface area contributed by atoms with E-state index in [1.807, 2.05) is 0 Å². The molecular formula is C2H7FOSi. The Labute approximate surface area is 32.8 Å². The summed E-state index contributed by atoms with van der Waals surface area (Å²) < 4.78 is 11.0. The van der Waals surface area contributed by atoms with E-state index in [-0.39, 0.29) is 6.61 Å². The van der Waals surface area contributed by atoms with Gasteiger partial charge >= 0.3 is 0 Å². The Morgan fingerprint density at radius 2 is 2.40 bits per heavy atom. The minimum Gasteiger partial charge on any atom is -0.397 e. The summed E-state index contributed by atoms with van der Waals surface area (Å²) in [6.07, 6.45) is 0. The first-order chi connectivity index (χ1) is 2.41. The number of hydrogen-bond acceptors (Lipinski definition) is 1. The highest BCUT2D eigenvalue weighted by Gasteiger charge is 1.75. The molecule has 0 saturated heterocycles. The summed E-state index contributed by atoms with van der Waals surface area (Å²) in [6.45, 7) is 0.0305. The molecule has 0 saturated carbocycles. The molecule has 0 aromatic rings. The number of aliphatic hydroxyl groups is 1. The minimum absolute atomic E-state index is 0.0305. The Bertz CT molecular complexity index is 17.1. The standard InChI is InChI=1S/C2H7FOSi/c3-5-2-1-4/h4H,1-2,5H2. The molecule has 3 heteroatoms. The summed E-state index contributed by atoms with van der Waals surface area (Å²) in [5.74, 6) is 0.